The van der Waals surface area contributed by atoms with Gasteiger partial charge >= 0.3 is 0 Å². The highest BCUT2D eigenvalue weighted by Crippen LogP contribution is 2.67. The van der Waals surface area contributed by atoms with Crippen molar-refractivity contribution >= 4 is 5.91 Å². The molecular weight excluding hydrogens is 526 g/mol. The fourth-order valence-corrected chi connectivity index (χ4v) is 10.7. The second-order valence-corrected chi connectivity index (χ2v) is 16.6. The van der Waals surface area contributed by atoms with Crippen LogP contribution in [0.15, 0.2) is 11.6 Å². The fourth-order valence-electron chi connectivity index (χ4n) is 10.7. The van der Waals surface area contributed by atoms with Crippen molar-refractivity contribution in [2.45, 2.75) is 176 Å². The van der Waals surface area contributed by atoms with Crippen LogP contribution >= 0.6 is 0 Å². The lowest BCUT2D eigenvalue weighted by Gasteiger charge is -2.58. The van der Waals surface area contributed by atoms with E-state index in [0.29, 0.717) is 23.4 Å². The summed E-state index contributed by atoms with van der Waals surface area (Å²) in [7, 11) is 0. The number of nitrogens with one attached hydrogen (secondary N) is 1. The van der Waals surface area contributed by atoms with Gasteiger partial charge in [0.15, 0.2) is 0 Å². The van der Waals surface area contributed by atoms with Crippen LogP contribution in [0.5, 0.6) is 0 Å². The first-order valence-corrected chi connectivity index (χ1v) is 19.3. The molecule has 0 saturated heterocycles. The highest BCUT2D eigenvalue weighted by Gasteiger charge is 2.59. The summed E-state index contributed by atoms with van der Waals surface area (Å²) in [6, 6.07) is 0. The normalized spacial score (nSPS) is 34.3. The van der Waals surface area contributed by atoms with E-state index in [2.05, 4.69) is 52.9 Å². The zero-order chi connectivity index (χ0) is 30.9. The largest absolute Gasteiger partial charge is 0.378 e. The Morgan fingerprint density at radius 2 is 1.70 bits per heavy atom. The summed E-state index contributed by atoms with van der Waals surface area (Å²) in [6.45, 7) is 16.7. The van der Waals surface area contributed by atoms with Crippen LogP contribution in [0, 0.1) is 46.3 Å². The van der Waals surface area contributed by atoms with Crippen molar-refractivity contribution < 1.29 is 9.53 Å². The predicted octanol–water partition coefficient (Wildman–Crippen LogP) is 11.1. The minimum Gasteiger partial charge on any atom is -0.378 e. The number of carbonyl (C=O) groups is 1. The SMILES string of the molecule is CCCCCCCNC(=O)CCCCCO[C@H]1CC[C@@]2(C)C(=CC[C@@H]3[C@@H]2CC[C@]2(C)C([C@@H](C)CCCC(C)C)CC[C@@H]32)C1. The Kier molecular flexibility index (Phi) is 13.6. The third-order valence-corrected chi connectivity index (χ3v) is 13.3. The molecule has 248 valence electrons. The smallest absolute Gasteiger partial charge is 0.219 e. The van der Waals surface area contributed by atoms with Gasteiger partial charge < -0.3 is 10.1 Å². The van der Waals surface area contributed by atoms with Crippen molar-refractivity contribution in [3.05, 3.63) is 11.6 Å². The van der Waals surface area contributed by atoms with Crippen molar-refractivity contribution in [2.24, 2.45) is 46.3 Å². The van der Waals surface area contributed by atoms with Crippen LogP contribution in [-0.4, -0.2) is 25.2 Å². The lowest BCUT2D eigenvalue weighted by atomic mass is 9.47. The van der Waals surface area contributed by atoms with E-state index in [1.165, 1.54) is 89.9 Å². The quantitative estimate of drug-likeness (QED) is 0.126. The average Bonchev–Trinajstić information content (AvgIpc) is 3.33. The Morgan fingerprint density at radius 1 is 0.907 bits per heavy atom. The van der Waals surface area contributed by atoms with Crippen molar-refractivity contribution in [1.82, 2.24) is 5.32 Å². The van der Waals surface area contributed by atoms with Gasteiger partial charge in [-0.1, -0.05) is 105 Å². The number of ether oxygens (including phenoxy) is 1. The Balaban J connectivity index is 1.17. The Labute approximate surface area is 267 Å². The topological polar surface area (TPSA) is 38.3 Å². The van der Waals surface area contributed by atoms with Crippen molar-refractivity contribution in [3.63, 3.8) is 0 Å². The summed E-state index contributed by atoms with van der Waals surface area (Å²) in [5, 5.41) is 3.11. The van der Waals surface area contributed by atoms with Gasteiger partial charge in [-0.3, -0.25) is 4.79 Å². The second-order valence-electron chi connectivity index (χ2n) is 16.6. The van der Waals surface area contributed by atoms with E-state index >= 15 is 0 Å². The van der Waals surface area contributed by atoms with Crippen molar-refractivity contribution in [1.29, 1.82) is 0 Å². The van der Waals surface area contributed by atoms with E-state index in [1.54, 1.807) is 5.57 Å². The summed E-state index contributed by atoms with van der Waals surface area (Å²) >= 11 is 0. The van der Waals surface area contributed by atoms with Crippen LogP contribution in [0.3, 0.4) is 0 Å². The monoisotopic (exact) mass is 598 g/mol. The minimum absolute atomic E-state index is 0.234. The molecule has 8 atom stereocenters. The molecule has 0 aromatic carbocycles. The average molecular weight is 598 g/mol. The van der Waals surface area contributed by atoms with E-state index in [1.807, 2.05) is 0 Å². The molecule has 1 amide bonds. The number of hydrogen-bond donors (Lipinski definition) is 1. The minimum atomic E-state index is 0.234. The molecule has 0 aromatic rings. The molecule has 1 unspecified atom stereocenters. The molecule has 3 fully saturated rings. The van der Waals surface area contributed by atoms with Gasteiger partial charge in [-0.05, 0) is 117 Å². The lowest BCUT2D eigenvalue weighted by molar-refractivity contribution is -0.121. The molecule has 1 N–H and O–H groups in total. The first-order chi connectivity index (χ1) is 20.7. The highest BCUT2D eigenvalue weighted by molar-refractivity contribution is 5.75. The number of allylic oxidation sites excluding steroid dienone is 1. The Bertz CT molecular complexity index is 880. The van der Waals surface area contributed by atoms with Gasteiger partial charge in [0.25, 0.3) is 0 Å². The van der Waals surface area contributed by atoms with Gasteiger partial charge in [-0.2, -0.15) is 0 Å². The molecule has 0 radical (unpaired) electrons. The third-order valence-electron chi connectivity index (χ3n) is 13.3. The van der Waals surface area contributed by atoms with Crippen LogP contribution < -0.4 is 5.32 Å². The molecule has 4 aliphatic carbocycles. The third kappa shape index (κ3) is 8.92. The van der Waals surface area contributed by atoms with Crippen LogP contribution in [-0.2, 0) is 9.53 Å². The van der Waals surface area contributed by atoms with Crippen LogP contribution in [0.4, 0.5) is 0 Å². The first kappa shape index (κ1) is 35.0. The standard InChI is InChI=1S/C40H71NO2/c1-7-8-9-10-13-27-41-38(42)18-12-11-14-28-43-33-23-25-39(5)32(29-33)19-20-34-36-22-21-35(31(4)17-15-16-30(2)3)40(36,6)26-24-37(34)39/h19,30-31,33-37H,7-18,20-29H2,1-6H3,(H,41,42)/t31-,33-,34-,35?,36-,37-,39-,40+/m0/s1. The van der Waals surface area contributed by atoms with Gasteiger partial charge in [-0.15, -0.1) is 0 Å². The molecular formula is C40H71NO2. The molecule has 3 saturated carbocycles. The Morgan fingerprint density at radius 3 is 2.49 bits per heavy atom. The summed E-state index contributed by atoms with van der Waals surface area (Å²) in [6.07, 6.45) is 28.4. The predicted molar refractivity (Wildman–Crippen MR) is 183 cm³/mol. The fraction of sp³-hybridized carbons (Fsp3) is 0.925. The number of unbranched alkanes of at least 4 members (excludes halogenated alkanes) is 6. The van der Waals surface area contributed by atoms with Crippen molar-refractivity contribution in [3.8, 4) is 0 Å². The zero-order valence-corrected chi connectivity index (χ0v) is 29.5. The van der Waals surface area contributed by atoms with E-state index in [-0.39, 0.29) is 5.91 Å². The van der Waals surface area contributed by atoms with Gasteiger partial charge in [0.1, 0.15) is 0 Å². The van der Waals surface area contributed by atoms with E-state index in [9.17, 15) is 4.79 Å². The Hall–Kier alpha value is -0.830. The molecule has 4 rings (SSSR count). The molecule has 43 heavy (non-hydrogen) atoms. The molecule has 3 heteroatoms. The maximum atomic E-state index is 12.1. The first-order valence-electron chi connectivity index (χ1n) is 19.3. The lowest BCUT2D eigenvalue weighted by Crippen LogP contribution is -2.51. The molecule has 0 heterocycles. The summed E-state index contributed by atoms with van der Waals surface area (Å²) in [5.74, 6) is 5.67. The van der Waals surface area contributed by atoms with Gasteiger partial charge in [0.05, 0.1) is 6.10 Å². The maximum absolute atomic E-state index is 12.1. The molecule has 0 spiro atoms. The highest BCUT2D eigenvalue weighted by atomic mass is 16.5. The summed E-state index contributed by atoms with van der Waals surface area (Å²) in [5.41, 5.74) is 2.74. The van der Waals surface area contributed by atoms with Crippen molar-refractivity contribution in [2.75, 3.05) is 13.2 Å². The summed E-state index contributed by atoms with van der Waals surface area (Å²) < 4.78 is 6.46. The summed E-state index contributed by atoms with van der Waals surface area (Å²) in [4.78, 5) is 12.1. The maximum Gasteiger partial charge on any atom is 0.219 e. The number of amides is 1. The van der Waals surface area contributed by atoms with E-state index < -0.39 is 0 Å². The number of carbonyl (C=O) groups excluding carboxylic acids is 1. The molecule has 0 bridgehead atoms. The molecule has 0 aliphatic heterocycles. The van der Waals surface area contributed by atoms with Gasteiger partial charge in [-0.25, -0.2) is 0 Å². The second kappa shape index (κ2) is 16.6. The molecule has 0 aromatic heterocycles. The zero-order valence-electron chi connectivity index (χ0n) is 29.5. The number of fused-ring (bicyclic) bond motifs is 5. The molecule has 4 aliphatic rings. The van der Waals surface area contributed by atoms with Crippen LogP contribution in [0.1, 0.15) is 170 Å². The molecule has 3 nitrogen and oxygen atoms in total. The van der Waals surface area contributed by atoms with Gasteiger partial charge in [0.2, 0.25) is 5.91 Å². The van der Waals surface area contributed by atoms with E-state index in [4.69, 9.17) is 4.74 Å². The number of hydrogen-bond acceptors (Lipinski definition) is 2. The van der Waals surface area contributed by atoms with E-state index in [0.717, 1.165) is 80.8 Å². The van der Waals surface area contributed by atoms with Crippen LogP contribution in [0.25, 0.3) is 0 Å². The number of rotatable bonds is 18. The van der Waals surface area contributed by atoms with Gasteiger partial charge in [0, 0.05) is 19.6 Å². The van der Waals surface area contributed by atoms with Crippen LogP contribution in [0.2, 0.25) is 0 Å².